The molecule has 3 amide bonds. The highest BCUT2D eigenvalue weighted by Gasteiger charge is 2.72. The topological polar surface area (TPSA) is 97.0 Å². The number of benzene rings is 1. The van der Waals surface area contributed by atoms with Crippen molar-refractivity contribution in [3.8, 4) is 0 Å². The Kier molecular flexibility index (Phi) is 6.92. The van der Waals surface area contributed by atoms with Gasteiger partial charge in [-0.1, -0.05) is 37.5 Å². The first kappa shape index (κ1) is 25.0. The first-order valence-corrected chi connectivity index (χ1v) is 13.2. The number of hydrogen-bond donors (Lipinski definition) is 2. The second-order valence-corrected chi connectivity index (χ2v) is 10.7. The molecule has 5 rings (SSSR count). The third-order valence-electron chi connectivity index (χ3n) is 8.40. The highest BCUT2D eigenvalue weighted by Crippen LogP contribution is 2.55. The third kappa shape index (κ3) is 4.24. The Morgan fingerprint density at radius 1 is 1.14 bits per heavy atom. The molecule has 1 saturated carbocycles. The van der Waals surface area contributed by atoms with Crippen LogP contribution in [0.4, 0.5) is 5.69 Å². The molecule has 8 heteroatoms. The average Bonchev–Trinajstić information content (AvgIpc) is 3.50. The zero-order chi connectivity index (χ0) is 25.4. The molecule has 0 unspecified atom stereocenters. The van der Waals surface area contributed by atoms with Crippen LogP contribution in [0, 0.1) is 25.7 Å². The third-order valence-corrected chi connectivity index (χ3v) is 8.40. The van der Waals surface area contributed by atoms with E-state index in [0.29, 0.717) is 25.3 Å². The molecule has 0 aromatic heterocycles. The highest BCUT2D eigenvalue weighted by molar-refractivity contribution is 6.02. The van der Waals surface area contributed by atoms with Gasteiger partial charge in [-0.05, 0) is 56.4 Å². The van der Waals surface area contributed by atoms with Crippen LogP contribution in [-0.4, -0.2) is 66.7 Å². The average molecular weight is 496 g/mol. The van der Waals surface area contributed by atoms with Crippen molar-refractivity contribution in [2.75, 3.05) is 25.6 Å². The summed E-state index contributed by atoms with van der Waals surface area (Å²) in [5.41, 5.74) is 1.79. The van der Waals surface area contributed by atoms with Crippen molar-refractivity contribution in [3.05, 3.63) is 41.5 Å². The molecular formula is C28H37N3O5. The molecule has 4 aliphatic rings. The van der Waals surface area contributed by atoms with E-state index in [2.05, 4.69) is 10.6 Å². The molecule has 1 aliphatic carbocycles. The Labute approximate surface area is 212 Å². The summed E-state index contributed by atoms with van der Waals surface area (Å²) in [4.78, 5) is 42.7. The Hall–Kier alpha value is -2.71. The summed E-state index contributed by atoms with van der Waals surface area (Å²) < 4.78 is 11.6. The number of amides is 3. The van der Waals surface area contributed by atoms with Gasteiger partial charge in [0.15, 0.2) is 0 Å². The molecule has 2 N–H and O–H groups in total. The first-order valence-electron chi connectivity index (χ1n) is 13.2. The largest absolute Gasteiger partial charge is 0.385 e. The maximum absolute atomic E-state index is 13.9. The number of nitrogens with one attached hydrogen (secondary N) is 2. The smallest absolute Gasteiger partial charge is 0.246 e. The van der Waals surface area contributed by atoms with Gasteiger partial charge in [0.05, 0.1) is 17.9 Å². The molecule has 3 aliphatic heterocycles. The molecular weight excluding hydrogens is 458 g/mol. The van der Waals surface area contributed by atoms with Gasteiger partial charge in [-0.2, -0.15) is 0 Å². The molecule has 3 heterocycles. The van der Waals surface area contributed by atoms with E-state index in [0.717, 1.165) is 36.8 Å². The molecule has 3 fully saturated rings. The van der Waals surface area contributed by atoms with E-state index in [1.165, 1.54) is 6.42 Å². The number of carbonyl (C=O) groups excluding carboxylic acids is 3. The molecule has 0 radical (unpaired) electrons. The number of carbonyl (C=O) groups is 3. The molecule has 2 bridgehead atoms. The number of rotatable bonds is 8. The number of methoxy groups -OCH3 is 1. The predicted octanol–water partition coefficient (Wildman–Crippen LogP) is 2.88. The lowest BCUT2D eigenvalue weighted by atomic mass is 9.74. The quantitative estimate of drug-likeness (QED) is 0.427. The van der Waals surface area contributed by atoms with Crippen LogP contribution in [0.3, 0.4) is 0 Å². The summed E-state index contributed by atoms with van der Waals surface area (Å²) in [6.07, 6.45) is 9.07. The minimum Gasteiger partial charge on any atom is -0.385 e. The van der Waals surface area contributed by atoms with E-state index >= 15 is 0 Å². The fourth-order valence-electron chi connectivity index (χ4n) is 6.46. The highest BCUT2D eigenvalue weighted by atomic mass is 16.5. The van der Waals surface area contributed by atoms with Gasteiger partial charge in [-0.15, -0.1) is 0 Å². The molecule has 1 spiro atoms. The van der Waals surface area contributed by atoms with Crippen LogP contribution < -0.4 is 10.6 Å². The van der Waals surface area contributed by atoms with E-state index in [4.69, 9.17) is 9.47 Å². The number of nitrogens with zero attached hydrogens (tertiary/aromatic N) is 1. The molecule has 8 nitrogen and oxygen atoms in total. The van der Waals surface area contributed by atoms with Crippen molar-refractivity contribution >= 4 is 23.4 Å². The SMILES string of the molecule is COCCCN1C(=O)[C@H]2[C@@H](C(=O)Nc3ccc(C)c(C)c3)[C@H]3C=C[C@@]2(O3)[C@H]1C(=O)NC1CCCCC1. The summed E-state index contributed by atoms with van der Waals surface area (Å²) >= 11 is 0. The number of ether oxygens (including phenoxy) is 2. The summed E-state index contributed by atoms with van der Waals surface area (Å²) in [6.45, 7) is 4.87. The Balaban J connectivity index is 1.41. The Bertz CT molecular complexity index is 1070. The second kappa shape index (κ2) is 9.98. The van der Waals surface area contributed by atoms with Crippen LogP contribution in [-0.2, 0) is 23.9 Å². The summed E-state index contributed by atoms with van der Waals surface area (Å²) in [7, 11) is 1.62. The first-order chi connectivity index (χ1) is 17.4. The zero-order valence-corrected chi connectivity index (χ0v) is 21.4. The monoisotopic (exact) mass is 495 g/mol. The fraction of sp³-hybridized carbons (Fsp3) is 0.607. The molecule has 2 saturated heterocycles. The molecule has 1 aromatic carbocycles. The zero-order valence-electron chi connectivity index (χ0n) is 21.4. The van der Waals surface area contributed by atoms with Crippen molar-refractivity contribution in [3.63, 3.8) is 0 Å². The molecule has 194 valence electrons. The second-order valence-electron chi connectivity index (χ2n) is 10.7. The minimum atomic E-state index is -1.13. The van der Waals surface area contributed by atoms with Crippen LogP contribution >= 0.6 is 0 Å². The number of hydrogen-bond acceptors (Lipinski definition) is 5. The van der Waals surface area contributed by atoms with Crippen molar-refractivity contribution in [2.45, 2.75) is 76.2 Å². The van der Waals surface area contributed by atoms with Crippen molar-refractivity contribution in [1.29, 1.82) is 0 Å². The lowest BCUT2D eigenvalue weighted by molar-refractivity contribution is -0.141. The van der Waals surface area contributed by atoms with E-state index < -0.39 is 29.6 Å². The Morgan fingerprint density at radius 2 is 1.92 bits per heavy atom. The summed E-state index contributed by atoms with van der Waals surface area (Å²) in [6, 6.07) is 5.08. The van der Waals surface area contributed by atoms with Crippen molar-refractivity contribution < 1.29 is 23.9 Å². The number of fused-ring (bicyclic) bond motifs is 1. The normalized spacial score (nSPS) is 31.1. The van der Waals surface area contributed by atoms with Gasteiger partial charge in [0.1, 0.15) is 11.6 Å². The van der Waals surface area contributed by atoms with Gasteiger partial charge in [0.2, 0.25) is 17.7 Å². The van der Waals surface area contributed by atoms with Crippen molar-refractivity contribution in [1.82, 2.24) is 10.2 Å². The predicted molar refractivity (Wildman–Crippen MR) is 135 cm³/mol. The van der Waals surface area contributed by atoms with Gasteiger partial charge in [-0.25, -0.2) is 0 Å². The number of anilines is 1. The van der Waals surface area contributed by atoms with Gasteiger partial charge in [0.25, 0.3) is 0 Å². The van der Waals surface area contributed by atoms with E-state index in [1.54, 1.807) is 12.0 Å². The lowest BCUT2D eigenvalue weighted by Crippen LogP contribution is -2.56. The lowest BCUT2D eigenvalue weighted by Gasteiger charge is -2.34. The van der Waals surface area contributed by atoms with Crippen molar-refractivity contribution in [2.24, 2.45) is 11.8 Å². The van der Waals surface area contributed by atoms with Gasteiger partial charge >= 0.3 is 0 Å². The van der Waals surface area contributed by atoms with E-state index in [-0.39, 0.29) is 23.8 Å². The molecule has 1 aromatic rings. The maximum atomic E-state index is 13.9. The fourth-order valence-corrected chi connectivity index (χ4v) is 6.46. The van der Waals surface area contributed by atoms with Crippen LogP contribution in [0.15, 0.2) is 30.4 Å². The Morgan fingerprint density at radius 3 is 2.64 bits per heavy atom. The number of aryl methyl sites for hydroxylation is 2. The standard InChI is InChI=1S/C28H37N3O5/c1-17-10-11-20(16-18(17)2)30-25(32)22-21-12-13-28(36-21)23(22)27(34)31(14-7-15-35-3)24(28)26(33)29-19-8-5-4-6-9-19/h10-13,16,19,21-24H,4-9,14-15H2,1-3H3,(H,29,33)(H,30,32)/t21-,22+,23-,24-,28+/m1/s1. The van der Waals surface area contributed by atoms with E-state index in [1.807, 2.05) is 44.2 Å². The molecule has 36 heavy (non-hydrogen) atoms. The summed E-state index contributed by atoms with van der Waals surface area (Å²) in [5.74, 6) is -2.05. The summed E-state index contributed by atoms with van der Waals surface area (Å²) in [5, 5.41) is 6.21. The van der Waals surface area contributed by atoms with Gasteiger partial charge in [-0.3, -0.25) is 14.4 Å². The van der Waals surface area contributed by atoms with Crippen LogP contribution in [0.25, 0.3) is 0 Å². The van der Waals surface area contributed by atoms with Crippen LogP contribution in [0.5, 0.6) is 0 Å². The van der Waals surface area contributed by atoms with Crippen LogP contribution in [0.1, 0.15) is 49.7 Å². The van der Waals surface area contributed by atoms with Gasteiger partial charge in [0, 0.05) is 32.0 Å². The van der Waals surface area contributed by atoms with E-state index in [9.17, 15) is 14.4 Å². The molecule has 5 atom stereocenters. The minimum absolute atomic E-state index is 0.115. The number of likely N-dealkylation sites (tertiary alicyclic amines) is 1. The maximum Gasteiger partial charge on any atom is 0.246 e. The van der Waals surface area contributed by atoms with Crippen LogP contribution in [0.2, 0.25) is 0 Å². The van der Waals surface area contributed by atoms with Gasteiger partial charge < -0.3 is 25.0 Å².